The number of benzene rings is 3. The number of carbonyl (C=O) groups excluding carboxylic acids is 2. The van der Waals surface area contributed by atoms with Crippen LogP contribution in [0.1, 0.15) is 17.2 Å². The topological polar surface area (TPSA) is 79.7 Å². The van der Waals surface area contributed by atoms with Crippen molar-refractivity contribution in [2.75, 3.05) is 12.0 Å². The number of nitrogens with zero attached hydrogens (tertiary/aromatic N) is 2. The second-order valence-electron chi connectivity index (χ2n) is 7.88. The van der Waals surface area contributed by atoms with Gasteiger partial charge in [-0.2, -0.15) is 0 Å². The first-order chi connectivity index (χ1) is 16.9. The van der Waals surface area contributed by atoms with Gasteiger partial charge in [0.25, 0.3) is 5.91 Å². The van der Waals surface area contributed by atoms with E-state index >= 15 is 0 Å². The normalized spacial score (nSPS) is 15.8. The van der Waals surface area contributed by atoms with Gasteiger partial charge in [0.15, 0.2) is 16.7 Å². The molecule has 1 atom stereocenters. The van der Waals surface area contributed by atoms with Crippen molar-refractivity contribution in [3.05, 3.63) is 101 Å². The van der Waals surface area contributed by atoms with E-state index in [1.165, 1.54) is 43.5 Å². The van der Waals surface area contributed by atoms with E-state index in [2.05, 4.69) is 4.98 Å². The summed E-state index contributed by atoms with van der Waals surface area (Å²) >= 11 is 1.01. The van der Waals surface area contributed by atoms with Crippen LogP contribution in [-0.4, -0.2) is 28.9 Å². The fourth-order valence-corrected chi connectivity index (χ4v) is 5.20. The van der Waals surface area contributed by atoms with Gasteiger partial charge in [-0.05, 0) is 30.3 Å². The Kier molecular flexibility index (Phi) is 5.78. The molecule has 1 N–H and O–H groups in total. The minimum absolute atomic E-state index is 0.0266. The molecule has 1 aliphatic rings. The van der Waals surface area contributed by atoms with E-state index in [1.54, 1.807) is 30.3 Å². The molecule has 176 valence electrons. The van der Waals surface area contributed by atoms with Crippen molar-refractivity contribution >= 4 is 38.4 Å². The molecule has 0 aliphatic carbocycles. The monoisotopic (exact) mass is 492 g/mol. The molecule has 1 unspecified atom stereocenters. The smallest absolute Gasteiger partial charge is 0.296 e. The van der Waals surface area contributed by atoms with Gasteiger partial charge < -0.3 is 9.84 Å². The van der Waals surface area contributed by atoms with Crippen molar-refractivity contribution in [3.63, 3.8) is 0 Å². The summed E-state index contributed by atoms with van der Waals surface area (Å²) in [4.78, 5) is 32.2. The summed E-state index contributed by atoms with van der Waals surface area (Å²) < 4.78 is 34.5. The third-order valence-corrected chi connectivity index (χ3v) is 6.81. The van der Waals surface area contributed by atoms with Gasteiger partial charge in [-0.15, -0.1) is 0 Å². The lowest BCUT2D eigenvalue weighted by Gasteiger charge is -2.25. The number of Topliss-reactive ketones (excluding diaryl/α,β-unsaturated/α-hetero) is 1. The van der Waals surface area contributed by atoms with Crippen LogP contribution < -0.4 is 9.64 Å². The van der Waals surface area contributed by atoms with E-state index in [-0.39, 0.29) is 22.7 Å². The van der Waals surface area contributed by atoms with Gasteiger partial charge in [0.2, 0.25) is 0 Å². The summed E-state index contributed by atoms with van der Waals surface area (Å²) in [6.45, 7) is 0. The van der Waals surface area contributed by atoms with Crippen LogP contribution in [0.4, 0.5) is 13.9 Å². The van der Waals surface area contributed by atoms with Gasteiger partial charge in [-0.25, -0.2) is 13.8 Å². The van der Waals surface area contributed by atoms with E-state index in [4.69, 9.17) is 4.74 Å². The zero-order valence-corrected chi connectivity index (χ0v) is 19.2. The highest BCUT2D eigenvalue weighted by Crippen LogP contribution is 2.44. The van der Waals surface area contributed by atoms with Crippen molar-refractivity contribution in [3.8, 4) is 5.75 Å². The Morgan fingerprint density at radius 3 is 2.63 bits per heavy atom. The number of thiazole rings is 1. The number of amides is 1. The average Bonchev–Trinajstić information content (AvgIpc) is 3.37. The van der Waals surface area contributed by atoms with Crippen LogP contribution in [0.15, 0.2) is 78.1 Å². The van der Waals surface area contributed by atoms with Crippen LogP contribution in [0.3, 0.4) is 0 Å². The van der Waals surface area contributed by atoms with Crippen LogP contribution in [0.25, 0.3) is 10.2 Å². The number of para-hydroxylation sites is 1. The molecule has 9 heteroatoms. The maximum atomic E-state index is 15.0. The number of ether oxygens (including phenoxy) is 1. The van der Waals surface area contributed by atoms with Gasteiger partial charge in [0.1, 0.15) is 23.4 Å². The van der Waals surface area contributed by atoms with Gasteiger partial charge in [-0.3, -0.25) is 14.5 Å². The number of fused-ring (bicyclic) bond motifs is 1. The van der Waals surface area contributed by atoms with Crippen LogP contribution in [0.2, 0.25) is 0 Å². The molecular weight excluding hydrogens is 474 g/mol. The summed E-state index contributed by atoms with van der Waals surface area (Å²) in [5.74, 6) is -2.88. The average molecular weight is 493 g/mol. The quantitative estimate of drug-likeness (QED) is 0.395. The molecule has 3 aromatic carbocycles. The third-order valence-electron chi connectivity index (χ3n) is 5.80. The molecule has 0 spiro atoms. The zero-order chi connectivity index (χ0) is 24.7. The van der Waals surface area contributed by atoms with Crippen LogP contribution >= 0.6 is 11.3 Å². The Balaban J connectivity index is 1.63. The standard InChI is InChI=1S/C26H18F2N2O4S/c1-34-20-9-5-2-6-14(20)12-19(31)22-23(16-7-3-4-8-17(16)28)30(25(33)24(22)32)26-29-18-11-10-15(27)13-21(18)35-26/h2-11,13,23,32H,12H2,1H3. The number of hydrogen-bond donors (Lipinski definition) is 1. The lowest BCUT2D eigenvalue weighted by atomic mass is 9.92. The van der Waals surface area contributed by atoms with Gasteiger partial charge in [0, 0.05) is 17.5 Å². The van der Waals surface area contributed by atoms with Crippen molar-refractivity contribution in [2.24, 2.45) is 0 Å². The second kappa shape index (κ2) is 8.92. The molecule has 1 aromatic heterocycles. The van der Waals surface area contributed by atoms with Gasteiger partial charge in [-0.1, -0.05) is 47.7 Å². The van der Waals surface area contributed by atoms with E-state index in [9.17, 15) is 23.5 Å². The molecule has 1 amide bonds. The first kappa shape index (κ1) is 22.7. The van der Waals surface area contributed by atoms with E-state index < -0.39 is 35.1 Å². The summed E-state index contributed by atoms with van der Waals surface area (Å²) in [5, 5.41) is 10.9. The second-order valence-corrected chi connectivity index (χ2v) is 8.89. The van der Waals surface area contributed by atoms with Crippen molar-refractivity contribution < 1.29 is 28.2 Å². The Morgan fingerprint density at radius 1 is 1.11 bits per heavy atom. The van der Waals surface area contributed by atoms with E-state index in [0.29, 0.717) is 21.5 Å². The van der Waals surface area contributed by atoms with Crippen molar-refractivity contribution in [2.45, 2.75) is 12.5 Å². The maximum Gasteiger partial charge on any atom is 0.296 e. The fraction of sp³-hybridized carbons (Fsp3) is 0.115. The molecule has 0 bridgehead atoms. The zero-order valence-electron chi connectivity index (χ0n) is 18.4. The molecule has 5 rings (SSSR count). The number of anilines is 1. The van der Waals surface area contributed by atoms with Crippen molar-refractivity contribution in [1.82, 2.24) is 4.98 Å². The molecular formula is C26H18F2N2O4S. The Morgan fingerprint density at radius 2 is 1.86 bits per heavy atom. The van der Waals surface area contributed by atoms with E-state index in [0.717, 1.165) is 16.2 Å². The molecule has 0 fully saturated rings. The molecule has 0 saturated carbocycles. The number of rotatable bonds is 6. The number of aliphatic hydroxyl groups is 1. The highest BCUT2D eigenvalue weighted by molar-refractivity contribution is 7.22. The molecule has 4 aromatic rings. The summed E-state index contributed by atoms with van der Waals surface area (Å²) in [6, 6.07) is 15.3. The number of ketones is 1. The largest absolute Gasteiger partial charge is 0.503 e. The molecule has 0 saturated heterocycles. The number of aromatic nitrogens is 1. The highest BCUT2D eigenvalue weighted by Gasteiger charge is 2.46. The van der Waals surface area contributed by atoms with Gasteiger partial charge in [0.05, 0.1) is 22.9 Å². The van der Waals surface area contributed by atoms with Crippen molar-refractivity contribution in [1.29, 1.82) is 0 Å². The summed E-state index contributed by atoms with van der Waals surface area (Å²) in [6.07, 6.45) is -0.180. The lowest BCUT2D eigenvalue weighted by molar-refractivity contribution is -0.117. The maximum absolute atomic E-state index is 15.0. The molecule has 0 radical (unpaired) electrons. The molecule has 35 heavy (non-hydrogen) atoms. The van der Waals surface area contributed by atoms with E-state index in [1.807, 2.05) is 0 Å². The first-order valence-electron chi connectivity index (χ1n) is 10.6. The SMILES string of the molecule is COc1ccccc1CC(=O)C1=C(O)C(=O)N(c2nc3ccc(F)cc3s2)C1c1ccccc1F. The number of methoxy groups -OCH3 is 1. The van der Waals surface area contributed by atoms with Crippen LogP contribution in [0.5, 0.6) is 5.75 Å². The molecule has 1 aliphatic heterocycles. The number of halogens is 2. The minimum atomic E-state index is -1.25. The van der Waals surface area contributed by atoms with Crippen LogP contribution in [-0.2, 0) is 16.0 Å². The summed E-state index contributed by atoms with van der Waals surface area (Å²) in [5.41, 5.74) is 0.767. The Bertz CT molecular complexity index is 1510. The predicted octanol–water partition coefficient (Wildman–Crippen LogP) is 5.29. The number of aliphatic hydroxyl groups excluding tert-OH is 1. The lowest BCUT2D eigenvalue weighted by Crippen LogP contribution is -2.31. The number of carbonyl (C=O) groups is 2. The minimum Gasteiger partial charge on any atom is -0.503 e. The predicted molar refractivity (Wildman–Crippen MR) is 128 cm³/mol. The Hall–Kier alpha value is -4.11. The van der Waals surface area contributed by atoms with Gasteiger partial charge >= 0.3 is 0 Å². The number of hydrogen-bond acceptors (Lipinski definition) is 6. The third kappa shape index (κ3) is 3.93. The highest BCUT2D eigenvalue weighted by atomic mass is 32.1. The Labute approximate surface area is 202 Å². The molecule has 2 heterocycles. The molecule has 6 nitrogen and oxygen atoms in total. The summed E-state index contributed by atoms with van der Waals surface area (Å²) in [7, 11) is 1.47. The van der Waals surface area contributed by atoms with Crippen LogP contribution in [0, 0.1) is 11.6 Å². The fourth-order valence-electron chi connectivity index (χ4n) is 4.18. The first-order valence-corrected chi connectivity index (χ1v) is 11.4.